The van der Waals surface area contributed by atoms with Crippen molar-refractivity contribution in [2.24, 2.45) is 0 Å². The van der Waals surface area contributed by atoms with E-state index in [4.69, 9.17) is 16.6 Å². The fraction of sp³-hybridized carbons (Fsp3) is 0.154. The molecule has 104 valence electrons. The van der Waals surface area contributed by atoms with Crippen LogP contribution in [0, 0.1) is 0 Å². The lowest BCUT2D eigenvalue weighted by Crippen LogP contribution is -2.35. The average molecular weight is 292 g/mol. The van der Waals surface area contributed by atoms with Gasteiger partial charge in [-0.2, -0.15) is 0 Å². The Morgan fingerprint density at radius 2 is 2.40 bits per heavy atom. The smallest absolute Gasteiger partial charge is 0.325 e. The highest BCUT2D eigenvalue weighted by Gasteiger charge is 2.31. The van der Waals surface area contributed by atoms with Crippen molar-refractivity contribution in [3.63, 3.8) is 0 Å². The van der Waals surface area contributed by atoms with Crippen molar-refractivity contribution in [1.82, 2.24) is 10.2 Å². The molecule has 0 atom stereocenters. The molecule has 1 fully saturated rings. The normalized spacial score (nSPS) is 17.1. The summed E-state index contributed by atoms with van der Waals surface area (Å²) in [6, 6.07) is 3.55. The molecule has 1 amide bonds. The number of amides is 1. The van der Waals surface area contributed by atoms with Crippen LogP contribution in [0.5, 0.6) is 0 Å². The summed E-state index contributed by atoms with van der Waals surface area (Å²) in [5, 5.41) is 2.92. The molecule has 1 aromatic heterocycles. The molecule has 0 aliphatic carbocycles. The van der Waals surface area contributed by atoms with E-state index in [1.165, 1.54) is 7.11 Å². The van der Waals surface area contributed by atoms with Crippen LogP contribution in [0.2, 0.25) is 0 Å². The second kappa shape index (κ2) is 6.16. The third-order valence-corrected chi connectivity index (χ3v) is 2.87. The third kappa shape index (κ3) is 3.12. The van der Waals surface area contributed by atoms with E-state index in [-0.39, 0.29) is 17.6 Å². The van der Waals surface area contributed by atoms with Crippen LogP contribution in [-0.2, 0) is 14.3 Å². The highest BCUT2D eigenvalue weighted by atomic mass is 32.1. The number of esters is 1. The number of thiocarbonyl (C=S) groups is 1. The Kier molecular flexibility index (Phi) is 4.31. The third-order valence-electron chi connectivity index (χ3n) is 2.54. The number of methoxy groups -OCH3 is 1. The van der Waals surface area contributed by atoms with Gasteiger partial charge < -0.3 is 14.5 Å². The van der Waals surface area contributed by atoms with Gasteiger partial charge in [0.2, 0.25) is 0 Å². The number of nitrogens with zero attached hydrogens (tertiary/aromatic N) is 1. The molecule has 0 radical (unpaired) electrons. The van der Waals surface area contributed by atoms with Gasteiger partial charge in [0.25, 0.3) is 5.91 Å². The Labute approximate surface area is 120 Å². The van der Waals surface area contributed by atoms with E-state index in [1.54, 1.807) is 36.6 Å². The van der Waals surface area contributed by atoms with Gasteiger partial charge in [-0.1, -0.05) is 6.08 Å². The van der Waals surface area contributed by atoms with Crippen LogP contribution in [-0.4, -0.2) is 35.5 Å². The number of furan rings is 1. The fourth-order valence-corrected chi connectivity index (χ4v) is 1.81. The van der Waals surface area contributed by atoms with Crippen molar-refractivity contribution < 1.29 is 18.7 Å². The van der Waals surface area contributed by atoms with E-state index in [9.17, 15) is 9.59 Å². The zero-order valence-electron chi connectivity index (χ0n) is 10.7. The molecular weight excluding hydrogens is 280 g/mol. The Balaban J connectivity index is 2.05. The summed E-state index contributed by atoms with van der Waals surface area (Å²) < 4.78 is 9.62. The second-order valence-electron chi connectivity index (χ2n) is 3.85. The van der Waals surface area contributed by atoms with E-state index in [0.29, 0.717) is 11.5 Å². The van der Waals surface area contributed by atoms with Crippen LogP contribution in [0.3, 0.4) is 0 Å². The molecule has 2 rings (SSSR count). The molecule has 1 N–H and O–H groups in total. The van der Waals surface area contributed by atoms with Crippen molar-refractivity contribution in [2.75, 3.05) is 13.7 Å². The highest BCUT2D eigenvalue weighted by molar-refractivity contribution is 7.80. The maximum atomic E-state index is 12.0. The molecule has 6 nitrogen and oxygen atoms in total. The molecule has 2 heterocycles. The average Bonchev–Trinajstić information content (AvgIpc) is 3.03. The largest absolute Gasteiger partial charge is 0.468 e. The quantitative estimate of drug-likeness (QED) is 0.508. The van der Waals surface area contributed by atoms with E-state index in [1.807, 2.05) is 0 Å². The number of hydrogen-bond acceptors (Lipinski definition) is 5. The van der Waals surface area contributed by atoms with Gasteiger partial charge in [-0.05, 0) is 36.5 Å². The van der Waals surface area contributed by atoms with Crippen LogP contribution < -0.4 is 5.32 Å². The van der Waals surface area contributed by atoms with Gasteiger partial charge in [-0.15, -0.1) is 0 Å². The minimum Gasteiger partial charge on any atom is -0.468 e. The Morgan fingerprint density at radius 1 is 1.60 bits per heavy atom. The van der Waals surface area contributed by atoms with E-state index >= 15 is 0 Å². The number of hydrogen-bond donors (Lipinski definition) is 1. The molecule has 20 heavy (non-hydrogen) atoms. The van der Waals surface area contributed by atoms with Crippen molar-refractivity contribution in [2.45, 2.75) is 0 Å². The molecule has 0 saturated carbocycles. The van der Waals surface area contributed by atoms with Crippen LogP contribution in [0.1, 0.15) is 5.76 Å². The number of carbonyl (C=O) groups is 2. The summed E-state index contributed by atoms with van der Waals surface area (Å²) in [4.78, 5) is 24.3. The number of rotatable bonds is 4. The summed E-state index contributed by atoms with van der Waals surface area (Å²) in [7, 11) is 1.25. The van der Waals surface area contributed by atoms with Crippen LogP contribution in [0.4, 0.5) is 0 Å². The van der Waals surface area contributed by atoms with Crippen LogP contribution in [0.25, 0.3) is 6.08 Å². The first-order valence-electron chi connectivity index (χ1n) is 5.73. The maximum absolute atomic E-state index is 12.0. The minimum absolute atomic E-state index is 0.179. The van der Waals surface area contributed by atoms with Gasteiger partial charge in [0.1, 0.15) is 18.0 Å². The van der Waals surface area contributed by atoms with Gasteiger partial charge in [-0.25, -0.2) is 0 Å². The molecule has 0 spiro atoms. The molecule has 7 heteroatoms. The Bertz CT molecular complexity index is 590. The van der Waals surface area contributed by atoms with Gasteiger partial charge >= 0.3 is 5.97 Å². The summed E-state index contributed by atoms with van der Waals surface area (Å²) in [5.74, 6) is -0.235. The first kappa shape index (κ1) is 14.0. The van der Waals surface area contributed by atoms with Crippen molar-refractivity contribution in [3.8, 4) is 0 Å². The molecular formula is C13H12N2O4S. The predicted octanol–water partition coefficient (Wildman–Crippen LogP) is 1.07. The Morgan fingerprint density at radius 3 is 3.05 bits per heavy atom. The number of ether oxygens (including phenoxy) is 1. The SMILES string of the molecule is COC(=O)CN1C(=O)/C(=C/C=C/c2ccco2)NC1=S. The Hall–Kier alpha value is -2.41. The lowest BCUT2D eigenvalue weighted by Gasteiger charge is -2.11. The molecule has 0 unspecified atom stereocenters. The fourth-order valence-electron chi connectivity index (χ4n) is 1.55. The van der Waals surface area contributed by atoms with E-state index < -0.39 is 5.97 Å². The molecule has 1 aliphatic heterocycles. The van der Waals surface area contributed by atoms with Gasteiger partial charge in [0, 0.05) is 0 Å². The topological polar surface area (TPSA) is 71.8 Å². The monoisotopic (exact) mass is 292 g/mol. The van der Waals surface area contributed by atoms with Gasteiger partial charge in [0.15, 0.2) is 5.11 Å². The molecule has 1 aromatic rings. The summed E-state index contributed by atoms with van der Waals surface area (Å²) in [6.07, 6.45) is 6.48. The first-order valence-corrected chi connectivity index (χ1v) is 6.14. The standard InChI is InChI=1S/C13H12N2O4S/c1-18-11(16)8-15-12(17)10(14-13(15)20)6-2-4-9-5-3-7-19-9/h2-7H,8H2,1H3,(H,14,20)/b4-2+,10-6-. The zero-order chi connectivity index (χ0) is 14.5. The predicted molar refractivity (Wildman–Crippen MR) is 75.3 cm³/mol. The van der Waals surface area contributed by atoms with Gasteiger partial charge in [0.05, 0.1) is 13.4 Å². The lowest BCUT2D eigenvalue weighted by molar-refractivity contribution is -0.143. The first-order chi connectivity index (χ1) is 9.61. The van der Waals surface area contributed by atoms with E-state index in [2.05, 4.69) is 10.1 Å². The van der Waals surface area contributed by atoms with Crippen molar-refractivity contribution >= 4 is 35.3 Å². The minimum atomic E-state index is -0.533. The van der Waals surface area contributed by atoms with Crippen LogP contribution >= 0.6 is 12.2 Å². The number of nitrogens with one attached hydrogen (secondary N) is 1. The molecule has 1 saturated heterocycles. The highest BCUT2D eigenvalue weighted by Crippen LogP contribution is 2.11. The molecule has 0 aromatic carbocycles. The van der Waals surface area contributed by atoms with E-state index in [0.717, 1.165) is 4.90 Å². The number of carbonyl (C=O) groups excluding carboxylic acids is 2. The molecule has 1 aliphatic rings. The second-order valence-corrected chi connectivity index (χ2v) is 4.24. The maximum Gasteiger partial charge on any atom is 0.325 e. The van der Waals surface area contributed by atoms with Gasteiger partial charge in [-0.3, -0.25) is 14.5 Å². The van der Waals surface area contributed by atoms with Crippen molar-refractivity contribution in [3.05, 3.63) is 42.0 Å². The van der Waals surface area contributed by atoms with Crippen LogP contribution in [0.15, 0.2) is 40.7 Å². The lowest BCUT2D eigenvalue weighted by atomic mass is 10.3. The summed E-state index contributed by atoms with van der Waals surface area (Å²) in [6.45, 7) is -0.208. The van der Waals surface area contributed by atoms with Crippen molar-refractivity contribution in [1.29, 1.82) is 0 Å². The summed E-state index contributed by atoms with van der Waals surface area (Å²) >= 11 is 4.99. The molecule has 0 bridgehead atoms. The number of allylic oxidation sites excluding steroid dienone is 2. The summed E-state index contributed by atoms with van der Waals surface area (Å²) in [5.41, 5.74) is 0.293. The zero-order valence-corrected chi connectivity index (χ0v) is 11.5.